The second kappa shape index (κ2) is 5.83. The highest BCUT2D eigenvalue weighted by Gasteiger charge is 2.37. The number of hydrogen-bond acceptors (Lipinski definition) is 5. The van der Waals surface area contributed by atoms with Crippen molar-refractivity contribution in [2.45, 2.75) is 52.0 Å². The fourth-order valence-electron chi connectivity index (χ4n) is 2.94. The number of anilines is 2. The Bertz CT molecular complexity index is 586. The molecule has 3 rings (SSSR count). The van der Waals surface area contributed by atoms with Crippen LogP contribution in [-0.2, 0) is 9.53 Å². The van der Waals surface area contributed by atoms with Crippen molar-refractivity contribution in [1.29, 1.82) is 0 Å². The van der Waals surface area contributed by atoms with Crippen LogP contribution in [0.15, 0.2) is 0 Å². The van der Waals surface area contributed by atoms with E-state index in [1.165, 1.54) is 0 Å². The molecule has 0 saturated carbocycles. The molecule has 2 aliphatic heterocycles. The van der Waals surface area contributed by atoms with Crippen molar-refractivity contribution in [3.05, 3.63) is 11.5 Å². The van der Waals surface area contributed by atoms with Crippen molar-refractivity contribution in [1.82, 2.24) is 9.97 Å². The first-order valence-electron chi connectivity index (χ1n) is 8.06. The maximum atomic E-state index is 12.4. The first kappa shape index (κ1) is 15.2. The molecule has 6 nitrogen and oxygen atoms in total. The van der Waals surface area contributed by atoms with Crippen molar-refractivity contribution >= 4 is 17.4 Å². The van der Waals surface area contributed by atoms with Crippen molar-refractivity contribution in [2.75, 3.05) is 30.0 Å². The molecule has 6 heteroatoms. The van der Waals surface area contributed by atoms with Gasteiger partial charge in [-0.25, -0.2) is 9.97 Å². The highest BCUT2D eigenvalue weighted by Crippen LogP contribution is 2.37. The zero-order valence-electron chi connectivity index (χ0n) is 13.7. The van der Waals surface area contributed by atoms with E-state index in [2.05, 4.69) is 37.9 Å². The van der Waals surface area contributed by atoms with Crippen LogP contribution < -0.4 is 10.2 Å². The van der Waals surface area contributed by atoms with Crippen LogP contribution >= 0.6 is 0 Å². The minimum atomic E-state index is -0.287. The molecule has 1 atom stereocenters. The van der Waals surface area contributed by atoms with Gasteiger partial charge in [0.25, 0.3) is 0 Å². The molecule has 2 aliphatic rings. The van der Waals surface area contributed by atoms with Crippen LogP contribution in [0.4, 0.5) is 11.5 Å². The van der Waals surface area contributed by atoms with Crippen LogP contribution in [0, 0.1) is 0 Å². The maximum Gasteiger partial charge on any atom is 0.249 e. The molecule has 1 fully saturated rings. The highest BCUT2D eigenvalue weighted by atomic mass is 16.5. The Morgan fingerprint density at radius 1 is 1.23 bits per heavy atom. The largest absolute Gasteiger partial charge is 0.379 e. The van der Waals surface area contributed by atoms with Gasteiger partial charge in [0.1, 0.15) is 17.6 Å². The van der Waals surface area contributed by atoms with Crippen LogP contribution in [0.25, 0.3) is 0 Å². The summed E-state index contributed by atoms with van der Waals surface area (Å²) >= 11 is 0. The fraction of sp³-hybridized carbons (Fsp3) is 0.688. The first-order chi connectivity index (χ1) is 10.5. The lowest BCUT2D eigenvalue weighted by Crippen LogP contribution is -2.50. The van der Waals surface area contributed by atoms with Gasteiger partial charge in [0.05, 0.1) is 12.3 Å². The van der Waals surface area contributed by atoms with E-state index in [1.54, 1.807) is 0 Å². The van der Waals surface area contributed by atoms with Crippen LogP contribution in [0.1, 0.15) is 57.5 Å². The van der Waals surface area contributed by atoms with E-state index < -0.39 is 0 Å². The number of amides is 1. The number of nitrogens with zero attached hydrogens (tertiary/aromatic N) is 3. The van der Waals surface area contributed by atoms with Gasteiger partial charge >= 0.3 is 0 Å². The average Bonchev–Trinajstić information content (AvgIpc) is 2.72. The van der Waals surface area contributed by atoms with Gasteiger partial charge in [0, 0.05) is 19.1 Å². The standard InChI is InChI=1S/C16H24N4O2/c1-9(2)12-13-15(19-14(17-12)10(3)4)20-6-5-7-22-8-11(20)16(21)18-13/h9-11H,5-8H2,1-4H3,(H,18,21). The molecule has 1 aromatic heterocycles. The number of hydrogen-bond donors (Lipinski definition) is 1. The molecule has 1 N–H and O–H groups in total. The molecule has 0 radical (unpaired) electrons. The molecule has 3 heterocycles. The summed E-state index contributed by atoms with van der Waals surface area (Å²) in [6.45, 7) is 10.3. The number of carbonyl (C=O) groups excluding carboxylic acids is 1. The molecule has 0 bridgehead atoms. The summed E-state index contributed by atoms with van der Waals surface area (Å²) < 4.78 is 5.56. The molecule has 1 unspecified atom stereocenters. The van der Waals surface area contributed by atoms with Crippen molar-refractivity contribution in [3.63, 3.8) is 0 Å². The number of fused-ring (bicyclic) bond motifs is 3. The number of carbonyl (C=O) groups is 1. The van der Waals surface area contributed by atoms with E-state index in [1.807, 2.05) is 0 Å². The molecule has 0 spiro atoms. The first-order valence-corrected chi connectivity index (χ1v) is 8.06. The Labute approximate surface area is 131 Å². The van der Waals surface area contributed by atoms with E-state index in [-0.39, 0.29) is 23.8 Å². The van der Waals surface area contributed by atoms with Crippen LogP contribution in [0.2, 0.25) is 0 Å². The van der Waals surface area contributed by atoms with Crippen molar-refractivity contribution in [3.8, 4) is 0 Å². The number of rotatable bonds is 2. The summed E-state index contributed by atoms with van der Waals surface area (Å²) in [4.78, 5) is 24.0. The summed E-state index contributed by atoms with van der Waals surface area (Å²) in [5, 5.41) is 3.02. The minimum absolute atomic E-state index is 0.0165. The van der Waals surface area contributed by atoms with E-state index in [4.69, 9.17) is 14.7 Å². The lowest BCUT2D eigenvalue weighted by molar-refractivity contribution is -0.118. The van der Waals surface area contributed by atoms with Gasteiger partial charge in [-0.1, -0.05) is 27.7 Å². The zero-order chi connectivity index (χ0) is 15.9. The van der Waals surface area contributed by atoms with Crippen molar-refractivity contribution in [2.24, 2.45) is 0 Å². The molecule has 1 aromatic rings. The Kier molecular flexibility index (Phi) is 4.04. The van der Waals surface area contributed by atoms with Gasteiger partial charge in [-0.05, 0) is 12.3 Å². The van der Waals surface area contributed by atoms with Crippen LogP contribution in [0.5, 0.6) is 0 Å². The Morgan fingerprint density at radius 2 is 2.00 bits per heavy atom. The lowest BCUT2D eigenvalue weighted by atomic mass is 10.0. The van der Waals surface area contributed by atoms with E-state index in [9.17, 15) is 4.79 Å². The van der Waals surface area contributed by atoms with Gasteiger partial charge in [0.2, 0.25) is 5.91 Å². The third-order valence-corrected chi connectivity index (χ3v) is 4.16. The molecule has 22 heavy (non-hydrogen) atoms. The second-order valence-electron chi connectivity index (χ2n) is 6.60. The molecule has 0 aromatic carbocycles. The summed E-state index contributed by atoms with van der Waals surface area (Å²) in [5.74, 6) is 2.16. The summed E-state index contributed by atoms with van der Waals surface area (Å²) in [5.41, 5.74) is 1.70. The van der Waals surface area contributed by atoms with Crippen LogP contribution in [-0.4, -0.2) is 41.7 Å². The topological polar surface area (TPSA) is 67.3 Å². The predicted molar refractivity (Wildman–Crippen MR) is 85.4 cm³/mol. The Hall–Kier alpha value is -1.69. The quantitative estimate of drug-likeness (QED) is 0.908. The Morgan fingerprint density at radius 3 is 2.68 bits per heavy atom. The van der Waals surface area contributed by atoms with Gasteiger partial charge in [-0.2, -0.15) is 0 Å². The maximum absolute atomic E-state index is 12.4. The summed E-state index contributed by atoms with van der Waals surface area (Å²) in [7, 11) is 0. The SMILES string of the molecule is CC(C)c1nc(C(C)C)c2c(n1)N1CCCOCC1C(=O)N2. The normalized spacial score (nSPS) is 21.5. The van der Waals surface area contributed by atoms with Crippen LogP contribution in [0.3, 0.4) is 0 Å². The van der Waals surface area contributed by atoms with Crippen molar-refractivity contribution < 1.29 is 9.53 Å². The average molecular weight is 304 g/mol. The lowest BCUT2D eigenvalue weighted by Gasteiger charge is -2.36. The van der Waals surface area contributed by atoms with E-state index >= 15 is 0 Å². The van der Waals surface area contributed by atoms with Gasteiger partial charge in [-0.3, -0.25) is 4.79 Å². The molecule has 1 saturated heterocycles. The molecular weight excluding hydrogens is 280 g/mol. The predicted octanol–water partition coefficient (Wildman–Crippen LogP) is 2.27. The Balaban J connectivity index is 2.15. The zero-order valence-corrected chi connectivity index (χ0v) is 13.7. The smallest absolute Gasteiger partial charge is 0.249 e. The molecular formula is C16H24N4O2. The third kappa shape index (κ3) is 2.56. The second-order valence-corrected chi connectivity index (χ2v) is 6.60. The monoisotopic (exact) mass is 304 g/mol. The molecule has 0 aliphatic carbocycles. The van der Waals surface area contributed by atoms with Gasteiger partial charge in [-0.15, -0.1) is 0 Å². The van der Waals surface area contributed by atoms with Gasteiger partial charge in [0.15, 0.2) is 5.82 Å². The molecule has 1 amide bonds. The van der Waals surface area contributed by atoms with Gasteiger partial charge < -0.3 is 15.0 Å². The van der Waals surface area contributed by atoms with E-state index in [0.717, 1.165) is 36.0 Å². The number of ether oxygens (including phenoxy) is 1. The third-order valence-electron chi connectivity index (χ3n) is 4.16. The minimum Gasteiger partial charge on any atom is -0.379 e. The highest BCUT2D eigenvalue weighted by molar-refractivity contribution is 6.03. The summed E-state index contributed by atoms with van der Waals surface area (Å²) in [6, 6.07) is -0.287. The summed E-state index contributed by atoms with van der Waals surface area (Å²) in [6.07, 6.45) is 0.904. The number of aromatic nitrogens is 2. The van der Waals surface area contributed by atoms with E-state index in [0.29, 0.717) is 13.2 Å². The number of nitrogens with one attached hydrogen (secondary N) is 1. The fourth-order valence-corrected chi connectivity index (χ4v) is 2.94. The molecule has 120 valence electrons.